The molecule has 6 heteroatoms. The van der Waals surface area contributed by atoms with E-state index in [1.807, 2.05) is 0 Å². The Morgan fingerprint density at radius 2 is 1.58 bits per heavy atom. The van der Waals surface area contributed by atoms with Gasteiger partial charge in [0.15, 0.2) is 11.6 Å². The largest absolute Gasteiger partial charge is 0.343 e. The maximum Gasteiger partial charge on any atom is 0.160 e. The van der Waals surface area contributed by atoms with Crippen molar-refractivity contribution in [2.24, 2.45) is 0 Å². The summed E-state index contributed by atoms with van der Waals surface area (Å²) in [5, 5.41) is 0. The first kappa shape index (κ1) is 12.2. The van der Waals surface area contributed by atoms with Crippen molar-refractivity contribution in [2.45, 2.75) is 9.79 Å². The van der Waals surface area contributed by atoms with Gasteiger partial charge in [0.2, 0.25) is 0 Å². The third-order valence-corrected chi connectivity index (χ3v) is 4.50. The minimum atomic E-state index is -1.73. The van der Waals surface area contributed by atoms with Gasteiger partial charge in [-0.2, -0.15) is 0 Å². The van der Waals surface area contributed by atoms with Crippen LogP contribution in [0.3, 0.4) is 0 Å². The van der Waals surface area contributed by atoms with Crippen molar-refractivity contribution in [2.75, 3.05) is 11.9 Å². The van der Waals surface area contributed by atoms with Gasteiger partial charge in [-0.05, 0) is 24.3 Å². The molecule has 1 heterocycles. The van der Waals surface area contributed by atoms with E-state index < -0.39 is 28.3 Å². The highest BCUT2D eigenvalue weighted by atomic mass is 32.2. The van der Waals surface area contributed by atoms with Crippen LogP contribution in [-0.2, 0) is 10.8 Å². The van der Waals surface area contributed by atoms with E-state index in [2.05, 4.69) is 0 Å². The molecule has 1 aliphatic heterocycles. The number of nitrogens with zero attached hydrogens (tertiary/aromatic N) is 1. The van der Waals surface area contributed by atoms with E-state index in [-0.39, 0.29) is 9.79 Å². The molecule has 2 aromatic carbocycles. The predicted octanol–water partition coefficient (Wildman–Crippen LogP) is 3.35. The second kappa shape index (κ2) is 4.09. The minimum absolute atomic E-state index is 0.138. The average molecular weight is 283 g/mol. The molecule has 3 rings (SSSR count). The summed E-state index contributed by atoms with van der Waals surface area (Å²) in [5.74, 6) is -2.60. The number of halogens is 3. The van der Waals surface area contributed by atoms with E-state index >= 15 is 0 Å². The summed E-state index contributed by atoms with van der Waals surface area (Å²) in [6.45, 7) is 0. The van der Waals surface area contributed by atoms with E-state index in [4.69, 9.17) is 0 Å². The van der Waals surface area contributed by atoms with Gasteiger partial charge in [0.05, 0.1) is 32.0 Å². The van der Waals surface area contributed by atoms with Gasteiger partial charge in [-0.25, -0.2) is 17.4 Å². The second-order valence-corrected chi connectivity index (χ2v) is 5.59. The van der Waals surface area contributed by atoms with Crippen molar-refractivity contribution in [1.82, 2.24) is 0 Å². The van der Waals surface area contributed by atoms with Crippen LogP contribution in [-0.4, -0.2) is 11.3 Å². The van der Waals surface area contributed by atoms with E-state index in [0.29, 0.717) is 11.4 Å². The third kappa shape index (κ3) is 1.74. The van der Waals surface area contributed by atoms with Gasteiger partial charge in [-0.3, -0.25) is 0 Å². The van der Waals surface area contributed by atoms with Crippen molar-refractivity contribution in [1.29, 1.82) is 0 Å². The molecule has 0 aromatic heterocycles. The third-order valence-electron chi connectivity index (χ3n) is 3.05. The van der Waals surface area contributed by atoms with Crippen molar-refractivity contribution in [3.8, 4) is 0 Å². The van der Waals surface area contributed by atoms with Crippen molar-refractivity contribution >= 4 is 22.2 Å². The second-order valence-electron chi connectivity index (χ2n) is 4.17. The fourth-order valence-electron chi connectivity index (χ4n) is 2.09. The molecule has 0 spiro atoms. The Balaban J connectivity index is 2.29. The van der Waals surface area contributed by atoms with Crippen molar-refractivity contribution < 1.29 is 17.4 Å². The van der Waals surface area contributed by atoms with Gasteiger partial charge in [0.25, 0.3) is 0 Å². The molecule has 1 aliphatic rings. The summed E-state index contributed by atoms with van der Waals surface area (Å²) < 4.78 is 52.1. The van der Waals surface area contributed by atoms with Crippen LogP contribution >= 0.6 is 0 Å². The predicted molar refractivity (Wildman–Crippen MR) is 65.5 cm³/mol. The van der Waals surface area contributed by atoms with Gasteiger partial charge < -0.3 is 4.90 Å². The first-order chi connectivity index (χ1) is 8.99. The molecule has 1 unspecified atom stereocenters. The SMILES string of the molecule is CN1c2ccc(F)cc2S(=O)c2cc(F)c(F)cc21. The summed E-state index contributed by atoms with van der Waals surface area (Å²) in [7, 11) is -0.0997. The highest BCUT2D eigenvalue weighted by Gasteiger charge is 2.28. The lowest BCUT2D eigenvalue weighted by atomic mass is 10.2. The van der Waals surface area contributed by atoms with Crippen LogP contribution in [0.15, 0.2) is 40.1 Å². The molecular weight excluding hydrogens is 275 g/mol. The van der Waals surface area contributed by atoms with E-state index in [1.165, 1.54) is 12.1 Å². The average Bonchev–Trinajstić information content (AvgIpc) is 2.38. The lowest BCUT2D eigenvalue weighted by molar-refractivity contribution is 0.505. The molecule has 0 saturated heterocycles. The number of hydrogen-bond donors (Lipinski definition) is 0. The minimum Gasteiger partial charge on any atom is -0.343 e. The topological polar surface area (TPSA) is 20.3 Å². The molecule has 98 valence electrons. The summed E-state index contributed by atoms with van der Waals surface area (Å²) >= 11 is 0. The highest BCUT2D eigenvalue weighted by Crippen LogP contribution is 2.41. The Bertz CT molecular complexity index is 717. The molecule has 19 heavy (non-hydrogen) atoms. The Labute approximate surface area is 109 Å². The fourth-order valence-corrected chi connectivity index (χ4v) is 3.54. The van der Waals surface area contributed by atoms with Crippen LogP contribution in [0.1, 0.15) is 0 Å². The fraction of sp³-hybridized carbons (Fsp3) is 0.0769. The molecule has 1 atom stereocenters. The van der Waals surface area contributed by atoms with Crippen LogP contribution < -0.4 is 4.90 Å². The lowest BCUT2D eigenvalue weighted by Gasteiger charge is -2.29. The van der Waals surface area contributed by atoms with Crippen LogP contribution in [0, 0.1) is 17.5 Å². The quantitative estimate of drug-likeness (QED) is 0.739. The molecule has 0 N–H and O–H groups in total. The zero-order chi connectivity index (χ0) is 13.7. The van der Waals surface area contributed by atoms with E-state index in [0.717, 1.165) is 18.2 Å². The summed E-state index contributed by atoms with van der Waals surface area (Å²) in [6, 6.07) is 5.73. The molecule has 0 saturated carbocycles. The number of fused-ring (bicyclic) bond motifs is 2. The van der Waals surface area contributed by atoms with Gasteiger partial charge in [-0.15, -0.1) is 0 Å². The molecule has 0 radical (unpaired) electrons. The zero-order valence-corrected chi connectivity index (χ0v) is 10.6. The van der Waals surface area contributed by atoms with E-state index in [9.17, 15) is 17.4 Å². The van der Waals surface area contributed by atoms with Crippen LogP contribution in [0.4, 0.5) is 24.5 Å². The van der Waals surface area contributed by atoms with E-state index in [1.54, 1.807) is 11.9 Å². The Hall–Kier alpha value is -1.82. The number of hydrogen-bond acceptors (Lipinski definition) is 2. The first-order valence-electron chi connectivity index (χ1n) is 5.43. The standard InChI is InChI=1S/C13H8F3NOS/c1-17-10-3-2-7(14)4-12(10)19(18)13-6-9(16)8(15)5-11(13)17/h2-6H,1H3. The maximum absolute atomic E-state index is 13.3. The monoisotopic (exact) mass is 283 g/mol. The van der Waals surface area contributed by atoms with Gasteiger partial charge in [0, 0.05) is 13.1 Å². The molecule has 2 aromatic rings. The molecule has 0 bridgehead atoms. The zero-order valence-electron chi connectivity index (χ0n) is 9.78. The van der Waals surface area contributed by atoms with Crippen LogP contribution in [0.5, 0.6) is 0 Å². The summed E-state index contributed by atoms with van der Waals surface area (Å²) in [6.07, 6.45) is 0. The summed E-state index contributed by atoms with van der Waals surface area (Å²) in [4.78, 5) is 1.95. The summed E-state index contributed by atoms with van der Waals surface area (Å²) in [5.41, 5.74) is 0.828. The van der Waals surface area contributed by atoms with Crippen molar-refractivity contribution in [3.63, 3.8) is 0 Å². The number of rotatable bonds is 0. The number of anilines is 2. The smallest absolute Gasteiger partial charge is 0.160 e. The molecule has 0 aliphatic carbocycles. The highest BCUT2D eigenvalue weighted by molar-refractivity contribution is 7.85. The Morgan fingerprint density at radius 3 is 2.32 bits per heavy atom. The maximum atomic E-state index is 13.3. The van der Waals surface area contributed by atoms with Crippen molar-refractivity contribution in [3.05, 3.63) is 47.8 Å². The van der Waals surface area contributed by atoms with Crippen LogP contribution in [0.25, 0.3) is 0 Å². The lowest BCUT2D eigenvalue weighted by Crippen LogP contribution is -2.20. The first-order valence-corrected chi connectivity index (χ1v) is 6.58. The van der Waals surface area contributed by atoms with Crippen LogP contribution in [0.2, 0.25) is 0 Å². The normalized spacial score (nSPS) is 17.1. The van der Waals surface area contributed by atoms with Gasteiger partial charge in [-0.1, -0.05) is 0 Å². The molecule has 0 fully saturated rings. The number of benzene rings is 2. The Morgan fingerprint density at radius 1 is 0.947 bits per heavy atom. The van der Waals surface area contributed by atoms with Gasteiger partial charge >= 0.3 is 0 Å². The molecular formula is C13H8F3NOS. The Kier molecular flexibility index (Phi) is 2.63. The molecule has 2 nitrogen and oxygen atoms in total. The molecule has 0 amide bonds. The van der Waals surface area contributed by atoms with Gasteiger partial charge in [0.1, 0.15) is 5.82 Å².